The summed E-state index contributed by atoms with van der Waals surface area (Å²) in [6.07, 6.45) is 1.24. The van der Waals surface area contributed by atoms with Crippen molar-refractivity contribution in [3.63, 3.8) is 0 Å². The van der Waals surface area contributed by atoms with E-state index in [9.17, 15) is 14.4 Å². The van der Waals surface area contributed by atoms with Gasteiger partial charge in [-0.15, -0.1) is 12.4 Å². The molecule has 0 aromatic heterocycles. The quantitative estimate of drug-likeness (QED) is 0.452. The predicted molar refractivity (Wildman–Crippen MR) is 145 cm³/mol. The molecule has 37 heavy (non-hydrogen) atoms. The summed E-state index contributed by atoms with van der Waals surface area (Å²) in [7, 11) is 0. The van der Waals surface area contributed by atoms with E-state index in [1.807, 2.05) is 37.3 Å². The van der Waals surface area contributed by atoms with E-state index >= 15 is 0 Å². The van der Waals surface area contributed by atoms with E-state index in [0.717, 1.165) is 29.7 Å². The number of nitrogens with one attached hydrogen (secondary N) is 1. The number of rotatable bonds is 6. The van der Waals surface area contributed by atoms with Gasteiger partial charge in [0.15, 0.2) is 5.78 Å². The van der Waals surface area contributed by atoms with Crippen LogP contribution in [0.5, 0.6) is 0 Å². The minimum atomic E-state index is -0.295. The highest BCUT2D eigenvalue weighted by atomic mass is 35.5. The number of likely N-dealkylation sites (tertiary alicyclic amines) is 1. The smallest absolute Gasteiger partial charge is 0.414 e. The Labute approximate surface area is 222 Å². The van der Waals surface area contributed by atoms with Gasteiger partial charge in [-0.2, -0.15) is 0 Å². The Hall–Kier alpha value is -3.68. The minimum absolute atomic E-state index is 0. The van der Waals surface area contributed by atoms with Crippen molar-refractivity contribution in [2.45, 2.75) is 32.4 Å². The second-order valence-corrected chi connectivity index (χ2v) is 9.38. The predicted octanol–water partition coefficient (Wildman–Crippen LogP) is 5.21. The normalized spacial score (nSPS) is 15.8. The SMILES string of the molecule is Cc1ccc2c(c1)COC(=O)N2C1CCN(CC(=O)Nc2ccc(C(=O)c3ccccc3)cc2)CC1.Cl. The lowest BCUT2D eigenvalue weighted by Crippen LogP contribution is -2.50. The summed E-state index contributed by atoms with van der Waals surface area (Å²) >= 11 is 0. The van der Waals surface area contributed by atoms with Gasteiger partial charge in [-0.3, -0.25) is 19.4 Å². The number of carbonyl (C=O) groups is 3. The van der Waals surface area contributed by atoms with Crippen molar-refractivity contribution in [3.05, 3.63) is 95.1 Å². The second kappa shape index (κ2) is 11.6. The largest absolute Gasteiger partial charge is 0.444 e. The lowest BCUT2D eigenvalue weighted by atomic mass is 10.00. The van der Waals surface area contributed by atoms with Crippen molar-refractivity contribution in [1.29, 1.82) is 0 Å². The molecule has 3 aromatic carbocycles. The zero-order chi connectivity index (χ0) is 25.1. The molecule has 7 nitrogen and oxygen atoms in total. The van der Waals surface area contributed by atoms with Gasteiger partial charge in [-0.25, -0.2) is 4.79 Å². The van der Waals surface area contributed by atoms with E-state index in [4.69, 9.17) is 4.74 Å². The molecule has 0 radical (unpaired) electrons. The number of carbonyl (C=O) groups excluding carboxylic acids is 3. The van der Waals surface area contributed by atoms with Gasteiger partial charge in [0.1, 0.15) is 6.61 Å². The topological polar surface area (TPSA) is 79.0 Å². The fourth-order valence-corrected chi connectivity index (χ4v) is 4.92. The van der Waals surface area contributed by atoms with Crippen LogP contribution in [0.3, 0.4) is 0 Å². The van der Waals surface area contributed by atoms with Crippen LogP contribution in [-0.4, -0.2) is 48.4 Å². The van der Waals surface area contributed by atoms with Crippen molar-refractivity contribution in [2.24, 2.45) is 0 Å². The molecule has 0 aliphatic carbocycles. The van der Waals surface area contributed by atoms with E-state index < -0.39 is 0 Å². The molecule has 0 bridgehead atoms. The fourth-order valence-electron chi connectivity index (χ4n) is 4.92. The van der Waals surface area contributed by atoms with Crippen molar-refractivity contribution in [1.82, 2.24) is 4.90 Å². The number of halogens is 1. The highest BCUT2D eigenvalue weighted by Gasteiger charge is 2.34. The molecule has 2 aliphatic heterocycles. The molecule has 1 N–H and O–H groups in total. The van der Waals surface area contributed by atoms with Gasteiger partial charge in [-0.05, 0) is 50.1 Å². The molecule has 5 rings (SSSR count). The molecule has 0 saturated carbocycles. The Bertz CT molecular complexity index is 1270. The highest BCUT2D eigenvalue weighted by molar-refractivity contribution is 6.09. The Morgan fingerprint density at radius 3 is 2.32 bits per heavy atom. The van der Waals surface area contributed by atoms with Crippen LogP contribution < -0.4 is 10.2 Å². The third kappa shape index (κ3) is 6.01. The average Bonchev–Trinajstić information content (AvgIpc) is 2.90. The van der Waals surface area contributed by atoms with E-state index in [2.05, 4.69) is 16.3 Å². The van der Waals surface area contributed by atoms with Gasteiger partial charge in [0.25, 0.3) is 0 Å². The summed E-state index contributed by atoms with van der Waals surface area (Å²) in [5, 5.41) is 2.92. The molecule has 2 heterocycles. The monoisotopic (exact) mass is 519 g/mol. The molecule has 192 valence electrons. The van der Waals surface area contributed by atoms with E-state index in [-0.39, 0.29) is 42.8 Å². The number of hydrogen-bond donors (Lipinski definition) is 1. The van der Waals surface area contributed by atoms with Crippen molar-refractivity contribution in [3.8, 4) is 0 Å². The van der Waals surface area contributed by atoms with Crippen LogP contribution in [0.4, 0.5) is 16.2 Å². The Morgan fingerprint density at radius 2 is 1.62 bits per heavy atom. The van der Waals surface area contributed by atoms with Crippen LogP contribution in [0.15, 0.2) is 72.8 Å². The third-order valence-electron chi connectivity index (χ3n) is 6.80. The standard InChI is InChI=1S/C29H29N3O4.ClH/c1-20-7-12-26-23(17-20)19-36-29(35)32(26)25-13-15-31(16-14-25)18-27(33)30-24-10-8-22(9-11-24)28(34)21-5-3-2-4-6-21;/h2-12,17,25H,13-16,18-19H2,1H3,(H,30,33);1H. The maximum Gasteiger partial charge on any atom is 0.414 e. The molecule has 1 fully saturated rings. The maximum atomic E-state index is 12.6. The number of cyclic esters (lactones) is 1. The zero-order valence-electron chi connectivity index (χ0n) is 20.7. The van der Waals surface area contributed by atoms with Gasteiger partial charge < -0.3 is 10.1 Å². The Morgan fingerprint density at radius 1 is 0.946 bits per heavy atom. The summed E-state index contributed by atoms with van der Waals surface area (Å²) in [6.45, 7) is 4.05. The van der Waals surface area contributed by atoms with Crippen LogP contribution in [0.25, 0.3) is 0 Å². The number of aryl methyl sites for hydroxylation is 1. The van der Waals surface area contributed by atoms with E-state index in [1.165, 1.54) is 0 Å². The molecule has 0 unspecified atom stereocenters. The van der Waals surface area contributed by atoms with E-state index in [0.29, 0.717) is 36.5 Å². The number of anilines is 2. The lowest BCUT2D eigenvalue weighted by Gasteiger charge is -2.40. The van der Waals surface area contributed by atoms with Gasteiger partial charge in [-0.1, -0.05) is 48.0 Å². The Balaban J connectivity index is 0.00000320. The van der Waals surface area contributed by atoms with Crippen LogP contribution in [0.2, 0.25) is 0 Å². The minimum Gasteiger partial charge on any atom is -0.444 e. The first-order chi connectivity index (χ1) is 17.5. The highest BCUT2D eigenvalue weighted by Crippen LogP contribution is 2.32. The first-order valence-corrected chi connectivity index (χ1v) is 12.3. The summed E-state index contributed by atoms with van der Waals surface area (Å²) < 4.78 is 5.42. The van der Waals surface area contributed by atoms with Gasteiger partial charge in [0.2, 0.25) is 5.91 Å². The molecule has 2 amide bonds. The maximum absolute atomic E-state index is 12.6. The number of piperidine rings is 1. The number of amides is 2. The molecular formula is C29H30ClN3O4. The molecule has 3 aromatic rings. The molecule has 0 spiro atoms. The Kier molecular flexibility index (Phi) is 8.26. The number of fused-ring (bicyclic) bond motifs is 1. The lowest BCUT2D eigenvalue weighted by molar-refractivity contribution is -0.117. The van der Waals surface area contributed by atoms with Crippen LogP contribution in [-0.2, 0) is 16.1 Å². The number of hydrogen-bond acceptors (Lipinski definition) is 5. The van der Waals surface area contributed by atoms with Gasteiger partial charge in [0.05, 0.1) is 12.2 Å². The zero-order valence-corrected chi connectivity index (χ0v) is 21.5. The number of ether oxygens (including phenoxy) is 1. The number of nitrogens with zero attached hydrogens (tertiary/aromatic N) is 2. The summed E-state index contributed by atoms with van der Waals surface area (Å²) in [5.74, 6) is -0.152. The first kappa shape index (κ1) is 26.4. The van der Waals surface area contributed by atoms with Crippen LogP contribution in [0, 0.1) is 6.92 Å². The van der Waals surface area contributed by atoms with Crippen LogP contribution in [0.1, 0.15) is 39.9 Å². The van der Waals surface area contributed by atoms with Crippen LogP contribution >= 0.6 is 12.4 Å². The summed E-state index contributed by atoms with van der Waals surface area (Å²) in [4.78, 5) is 41.7. The van der Waals surface area contributed by atoms with Gasteiger partial charge in [0, 0.05) is 41.5 Å². The molecule has 1 saturated heterocycles. The number of ketones is 1. The summed E-state index contributed by atoms with van der Waals surface area (Å²) in [6, 6.07) is 22.2. The van der Waals surface area contributed by atoms with Gasteiger partial charge >= 0.3 is 6.09 Å². The molecular weight excluding hydrogens is 490 g/mol. The van der Waals surface area contributed by atoms with Crippen molar-refractivity contribution < 1.29 is 19.1 Å². The average molecular weight is 520 g/mol. The third-order valence-corrected chi connectivity index (χ3v) is 6.80. The molecule has 0 atom stereocenters. The number of benzene rings is 3. The molecule has 2 aliphatic rings. The van der Waals surface area contributed by atoms with Crippen molar-refractivity contribution in [2.75, 3.05) is 29.9 Å². The first-order valence-electron chi connectivity index (χ1n) is 12.3. The van der Waals surface area contributed by atoms with Crippen molar-refractivity contribution >= 4 is 41.6 Å². The summed E-state index contributed by atoms with van der Waals surface area (Å²) in [5.41, 5.74) is 4.98. The fraction of sp³-hybridized carbons (Fsp3) is 0.276. The molecule has 8 heteroatoms. The van der Waals surface area contributed by atoms with E-state index in [1.54, 1.807) is 41.3 Å². The second-order valence-electron chi connectivity index (χ2n) is 9.38.